The van der Waals surface area contributed by atoms with Crippen molar-refractivity contribution in [1.82, 2.24) is 21.2 Å². The number of hydrazine groups is 1. The monoisotopic (exact) mass is 376 g/mol. The van der Waals surface area contributed by atoms with Crippen molar-refractivity contribution in [3.63, 3.8) is 0 Å². The van der Waals surface area contributed by atoms with Gasteiger partial charge in [-0.3, -0.25) is 10.2 Å². The summed E-state index contributed by atoms with van der Waals surface area (Å²) >= 11 is 0. The highest BCUT2D eigenvalue weighted by molar-refractivity contribution is 5.93. The van der Waals surface area contributed by atoms with E-state index in [1.54, 1.807) is 25.3 Å². The lowest BCUT2D eigenvalue weighted by Crippen LogP contribution is -2.44. The van der Waals surface area contributed by atoms with Crippen molar-refractivity contribution >= 4 is 5.91 Å². The highest BCUT2D eigenvalue weighted by atomic mass is 16.3. The molecule has 2 aromatic rings. The highest BCUT2D eigenvalue weighted by Crippen LogP contribution is 2.38. The van der Waals surface area contributed by atoms with Gasteiger partial charge in [0.2, 0.25) is 5.76 Å². The molecule has 0 radical (unpaired) electrons. The van der Waals surface area contributed by atoms with Crippen molar-refractivity contribution in [2.75, 3.05) is 0 Å². The molecular formula is C20H20N6O2. The van der Waals surface area contributed by atoms with E-state index < -0.39 is 0 Å². The van der Waals surface area contributed by atoms with Crippen LogP contribution >= 0.6 is 0 Å². The molecule has 0 spiro atoms. The first kappa shape index (κ1) is 18.2. The highest BCUT2D eigenvalue weighted by Gasteiger charge is 2.42. The molecular weight excluding hydrogens is 356 g/mol. The number of nitriles is 2. The van der Waals surface area contributed by atoms with E-state index in [0.717, 1.165) is 24.8 Å². The second kappa shape index (κ2) is 7.43. The molecule has 3 heterocycles. The lowest BCUT2D eigenvalue weighted by molar-refractivity contribution is 0.0909. The number of carbonyl (C=O) groups is 1. The van der Waals surface area contributed by atoms with Crippen LogP contribution in [0.25, 0.3) is 0 Å². The Balaban J connectivity index is 1.45. The maximum Gasteiger partial charge on any atom is 0.270 e. The molecule has 0 aromatic carbocycles. The number of pyridine rings is 1. The van der Waals surface area contributed by atoms with Crippen LogP contribution in [-0.4, -0.2) is 23.0 Å². The lowest BCUT2D eigenvalue weighted by atomic mass is 9.77. The zero-order valence-electron chi connectivity index (χ0n) is 15.4. The maximum atomic E-state index is 12.7. The number of amides is 1. The minimum Gasteiger partial charge on any atom is -0.454 e. The summed E-state index contributed by atoms with van der Waals surface area (Å²) in [6.45, 7) is 1.78. The van der Waals surface area contributed by atoms with Crippen molar-refractivity contribution in [1.29, 1.82) is 10.5 Å². The molecule has 1 aliphatic carbocycles. The largest absolute Gasteiger partial charge is 0.454 e. The Kier molecular flexibility index (Phi) is 4.82. The smallest absolute Gasteiger partial charge is 0.270 e. The number of hydrogen-bond acceptors (Lipinski definition) is 7. The molecule has 2 aliphatic rings. The fourth-order valence-corrected chi connectivity index (χ4v) is 4.22. The molecule has 3 N–H and O–H groups in total. The van der Waals surface area contributed by atoms with Gasteiger partial charge in [0.1, 0.15) is 17.8 Å². The van der Waals surface area contributed by atoms with Crippen LogP contribution in [0.5, 0.6) is 0 Å². The van der Waals surface area contributed by atoms with Gasteiger partial charge in [-0.2, -0.15) is 10.5 Å². The van der Waals surface area contributed by atoms with Crippen LogP contribution in [0.1, 0.15) is 58.2 Å². The zero-order valence-corrected chi connectivity index (χ0v) is 15.4. The van der Waals surface area contributed by atoms with Crippen molar-refractivity contribution in [2.45, 2.75) is 44.3 Å². The van der Waals surface area contributed by atoms with E-state index in [4.69, 9.17) is 14.9 Å². The SMILES string of the molecule is Cc1cc(C#N)cnc1C(=O)NC1CCC2NNC(c3coc(C#N)c3)C2C1. The molecule has 1 aliphatic heterocycles. The van der Waals surface area contributed by atoms with E-state index in [1.807, 2.05) is 12.1 Å². The summed E-state index contributed by atoms with van der Waals surface area (Å²) in [5, 5.41) is 21.0. The lowest BCUT2D eigenvalue weighted by Gasteiger charge is -2.33. The number of carbonyl (C=O) groups excluding carboxylic acids is 1. The summed E-state index contributed by atoms with van der Waals surface area (Å²) in [6.07, 6.45) is 5.65. The van der Waals surface area contributed by atoms with Gasteiger partial charge in [-0.1, -0.05) is 0 Å². The Morgan fingerprint density at radius 1 is 1.29 bits per heavy atom. The van der Waals surface area contributed by atoms with Crippen molar-refractivity contribution in [3.05, 3.63) is 52.7 Å². The van der Waals surface area contributed by atoms with Gasteiger partial charge in [-0.15, -0.1) is 0 Å². The zero-order chi connectivity index (χ0) is 19.7. The summed E-state index contributed by atoms with van der Waals surface area (Å²) in [5.41, 5.74) is 9.06. The van der Waals surface area contributed by atoms with Gasteiger partial charge in [0.05, 0.1) is 17.9 Å². The third kappa shape index (κ3) is 3.36. The fraction of sp³-hybridized carbons (Fsp3) is 0.400. The van der Waals surface area contributed by atoms with E-state index in [-0.39, 0.29) is 23.9 Å². The number of rotatable bonds is 3. The second-order valence-corrected chi connectivity index (χ2v) is 7.38. The average molecular weight is 376 g/mol. The van der Waals surface area contributed by atoms with Crippen molar-refractivity contribution in [2.24, 2.45) is 5.92 Å². The third-order valence-corrected chi connectivity index (χ3v) is 5.60. The number of aromatic nitrogens is 1. The second-order valence-electron chi connectivity index (χ2n) is 7.38. The number of furan rings is 1. The molecule has 8 heteroatoms. The van der Waals surface area contributed by atoms with Gasteiger partial charge < -0.3 is 9.73 Å². The molecule has 4 unspecified atom stereocenters. The van der Waals surface area contributed by atoms with Gasteiger partial charge in [-0.25, -0.2) is 10.4 Å². The topological polar surface area (TPSA) is 127 Å². The van der Waals surface area contributed by atoms with Gasteiger partial charge >= 0.3 is 0 Å². The Morgan fingerprint density at radius 3 is 2.86 bits per heavy atom. The molecule has 0 bridgehead atoms. The van der Waals surface area contributed by atoms with Crippen LogP contribution < -0.4 is 16.2 Å². The van der Waals surface area contributed by atoms with E-state index in [9.17, 15) is 4.79 Å². The predicted molar refractivity (Wildman–Crippen MR) is 98.5 cm³/mol. The molecule has 1 amide bonds. The quantitative estimate of drug-likeness (QED) is 0.746. The molecule has 8 nitrogen and oxygen atoms in total. The number of nitrogens with one attached hydrogen (secondary N) is 3. The van der Waals surface area contributed by atoms with Gasteiger partial charge in [-0.05, 0) is 49.8 Å². The molecule has 2 fully saturated rings. The summed E-state index contributed by atoms with van der Waals surface area (Å²) in [4.78, 5) is 16.8. The third-order valence-electron chi connectivity index (χ3n) is 5.60. The first-order chi connectivity index (χ1) is 13.6. The van der Waals surface area contributed by atoms with E-state index >= 15 is 0 Å². The number of aryl methyl sites for hydroxylation is 1. The Bertz CT molecular complexity index is 985. The Morgan fingerprint density at radius 2 is 2.14 bits per heavy atom. The van der Waals surface area contributed by atoms with Crippen LogP contribution in [0, 0.1) is 35.5 Å². The van der Waals surface area contributed by atoms with Crippen LogP contribution in [0.2, 0.25) is 0 Å². The van der Waals surface area contributed by atoms with Gasteiger partial charge in [0.25, 0.3) is 5.91 Å². The van der Waals surface area contributed by atoms with Crippen LogP contribution in [-0.2, 0) is 0 Å². The van der Waals surface area contributed by atoms with Crippen molar-refractivity contribution in [3.8, 4) is 12.1 Å². The van der Waals surface area contributed by atoms with E-state index in [2.05, 4.69) is 21.2 Å². The van der Waals surface area contributed by atoms with E-state index in [1.165, 1.54) is 6.20 Å². The summed E-state index contributed by atoms with van der Waals surface area (Å²) in [7, 11) is 0. The molecule has 1 saturated heterocycles. The van der Waals surface area contributed by atoms with Gasteiger partial charge in [0, 0.05) is 23.8 Å². The summed E-state index contributed by atoms with van der Waals surface area (Å²) < 4.78 is 5.26. The normalized spacial score (nSPS) is 26.1. The van der Waals surface area contributed by atoms with Gasteiger partial charge in [0.15, 0.2) is 0 Å². The van der Waals surface area contributed by atoms with Crippen LogP contribution in [0.15, 0.2) is 29.0 Å². The predicted octanol–water partition coefficient (Wildman–Crippen LogP) is 1.84. The number of hydrogen-bond donors (Lipinski definition) is 3. The Hall–Kier alpha value is -3.20. The summed E-state index contributed by atoms with van der Waals surface area (Å²) in [5.74, 6) is 0.359. The molecule has 2 aromatic heterocycles. The number of fused-ring (bicyclic) bond motifs is 1. The van der Waals surface area contributed by atoms with Crippen molar-refractivity contribution < 1.29 is 9.21 Å². The molecule has 142 valence electrons. The minimum absolute atomic E-state index is 0.0327. The molecule has 4 rings (SSSR count). The summed E-state index contributed by atoms with van der Waals surface area (Å²) in [6, 6.07) is 7.86. The standard InChI is InChI=1S/C20H20N6O2/c1-11-4-12(7-21)9-23-18(11)20(27)24-14-2-3-17-16(6-14)19(26-25-17)13-5-15(8-22)28-10-13/h4-5,9-10,14,16-17,19,25-26H,2-3,6H2,1H3,(H,24,27). The number of nitrogens with zero attached hydrogens (tertiary/aromatic N) is 3. The Labute approximate surface area is 162 Å². The minimum atomic E-state index is -0.212. The molecule has 1 saturated carbocycles. The first-order valence-electron chi connectivity index (χ1n) is 9.26. The maximum absolute atomic E-state index is 12.7. The first-order valence-corrected chi connectivity index (χ1v) is 9.26. The van der Waals surface area contributed by atoms with E-state index in [0.29, 0.717) is 28.6 Å². The molecule has 4 atom stereocenters. The van der Waals surface area contributed by atoms with Crippen LogP contribution in [0.4, 0.5) is 0 Å². The molecule has 28 heavy (non-hydrogen) atoms. The fourth-order valence-electron chi connectivity index (χ4n) is 4.22. The average Bonchev–Trinajstić information content (AvgIpc) is 3.33. The van der Waals surface area contributed by atoms with Crippen LogP contribution in [0.3, 0.4) is 0 Å².